The first-order valence-electron chi connectivity index (χ1n) is 14.8. The Bertz CT molecular complexity index is 1400. The fourth-order valence-corrected chi connectivity index (χ4v) is 6.30. The van der Waals surface area contributed by atoms with E-state index in [1.807, 2.05) is 12.1 Å². The number of benzene rings is 2. The van der Waals surface area contributed by atoms with Crippen LogP contribution in [0.5, 0.6) is 5.75 Å². The van der Waals surface area contributed by atoms with Gasteiger partial charge >= 0.3 is 0 Å². The van der Waals surface area contributed by atoms with Gasteiger partial charge in [0.2, 0.25) is 0 Å². The highest BCUT2D eigenvalue weighted by molar-refractivity contribution is 5.86. The number of carbonyl (C=O) groups excluding carboxylic acids is 1. The van der Waals surface area contributed by atoms with Crippen LogP contribution in [0, 0.1) is 6.92 Å². The van der Waals surface area contributed by atoms with Crippen LogP contribution >= 0.6 is 0 Å². The van der Waals surface area contributed by atoms with E-state index in [1.54, 1.807) is 0 Å². The van der Waals surface area contributed by atoms with E-state index in [1.165, 1.54) is 38.4 Å². The Hall–Kier alpha value is -3.37. The third kappa shape index (κ3) is 6.13. The number of amides is 1. The lowest BCUT2D eigenvalue weighted by Gasteiger charge is -2.41. The first kappa shape index (κ1) is 27.8. The van der Waals surface area contributed by atoms with Gasteiger partial charge in [0.05, 0.1) is 25.4 Å². The van der Waals surface area contributed by atoms with E-state index < -0.39 is 0 Å². The van der Waals surface area contributed by atoms with E-state index >= 15 is 0 Å². The fourth-order valence-electron chi connectivity index (χ4n) is 6.30. The standard InChI is InChI=1S/C32H41N5O4/c1-22-2-11-29-28(20-22)27-12-13-36(24-5-7-25(38)8-6-24)32(31(27)34-29)23-3-9-26(10-4-23)41-21-30(39)37(33)15-14-35-16-18-40-19-17-35/h2-5,9-11,20,25,32,34,38H,6-8,12-19,21,33H2,1H3. The van der Waals surface area contributed by atoms with Gasteiger partial charge < -0.3 is 24.5 Å². The van der Waals surface area contributed by atoms with Crippen LogP contribution in [-0.4, -0.2) is 89.5 Å². The molecule has 2 unspecified atom stereocenters. The van der Waals surface area contributed by atoms with Crippen LogP contribution in [0.2, 0.25) is 0 Å². The summed E-state index contributed by atoms with van der Waals surface area (Å²) in [5.41, 5.74) is 7.49. The highest BCUT2D eigenvalue weighted by Crippen LogP contribution is 2.42. The number of carbonyl (C=O) groups is 1. The predicted molar refractivity (Wildman–Crippen MR) is 158 cm³/mol. The molecule has 0 bridgehead atoms. The number of hydrogen-bond acceptors (Lipinski definition) is 7. The van der Waals surface area contributed by atoms with Crippen molar-refractivity contribution in [1.29, 1.82) is 0 Å². The maximum absolute atomic E-state index is 12.6. The summed E-state index contributed by atoms with van der Waals surface area (Å²) in [6, 6.07) is 14.7. The number of aliphatic hydroxyl groups is 1. The third-order valence-electron chi connectivity index (χ3n) is 8.65. The largest absolute Gasteiger partial charge is 0.484 e. The van der Waals surface area contributed by atoms with Crippen molar-refractivity contribution in [2.75, 3.05) is 52.5 Å². The van der Waals surface area contributed by atoms with E-state index in [-0.39, 0.29) is 24.7 Å². The molecule has 0 radical (unpaired) electrons. The molecule has 1 amide bonds. The Kier molecular flexibility index (Phi) is 8.30. The average molecular weight is 560 g/mol. The van der Waals surface area contributed by atoms with Crippen LogP contribution < -0.4 is 10.6 Å². The lowest BCUT2D eigenvalue weighted by Crippen LogP contribution is -2.47. The summed E-state index contributed by atoms with van der Waals surface area (Å²) in [6.07, 6.45) is 5.29. The van der Waals surface area contributed by atoms with Crippen molar-refractivity contribution >= 4 is 16.8 Å². The predicted octanol–water partition coefficient (Wildman–Crippen LogP) is 3.27. The number of aliphatic hydroxyl groups excluding tert-OH is 1. The van der Waals surface area contributed by atoms with Crippen molar-refractivity contribution in [3.63, 3.8) is 0 Å². The number of nitrogens with zero attached hydrogens (tertiary/aromatic N) is 3. The number of morpholine rings is 1. The van der Waals surface area contributed by atoms with Crippen LogP contribution in [0.15, 0.2) is 54.2 Å². The highest BCUT2D eigenvalue weighted by atomic mass is 16.5. The summed E-state index contributed by atoms with van der Waals surface area (Å²) in [5, 5.41) is 12.7. The maximum atomic E-state index is 12.6. The van der Waals surface area contributed by atoms with Gasteiger partial charge in [-0.15, -0.1) is 0 Å². The summed E-state index contributed by atoms with van der Waals surface area (Å²) < 4.78 is 11.2. The number of hydrogen-bond donors (Lipinski definition) is 3. The number of hydrazine groups is 1. The van der Waals surface area contributed by atoms with Gasteiger partial charge in [0.15, 0.2) is 6.61 Å². The number of aromatic nitrogens is 1. The van der Waals surface area contributed by atoms with Crippen LogP contribution in [0.4, 0.5) is 0 Å². The number of aromatic amines is 1. The van der Waals surface area contributed by atoms with Crippen LogP contribution in [0.3, 0.4) is 0 Å². The summed E-state index contributed by atoms with van der Waals surface area (Å²) in [6.45, 7) is 7.31. The zero-order valence-electron chi connectivity index (χ0n) is 23.8. The molecule has 3 heterocycles. The van der Waals surface area contributed by atoms with E-state index in [4.69, 9.17) is 15.3 Å². The van der Waals surface area contributed by atoms with Crippen molar-refractivity contribution in [2.45, 2.75) is 44.8 Å². The molecule has 3 aromatic rings. The van der Waals surface area contributed by atoms with Crippen molar-refractivity contribution in [2.24, 2.45) is 5.84 Å². The van der Waals surface area contributed by atoms with Crippen LogP contribution in [-0.2, 0) is 16.0 Å². The topological polar surface area (TPSA) is 107 Å². The lowest BCUT2D eigenvalue weighted by atomic mass is 9.89. The third-order valence-corrected chi connectivity index (χ3v) is 8.65. The molecule has 41 heavy (non-hydrogen) atoms. The van der Waals surface area contributed by atoms with Crippen molar-refractivity contribution in [3.05, 3.63) is 76.6 Å². The molecule has 1 aliphatic carbocycles. The lowest BCUT2D eigenvalue weighted by molar-refractivity contribution is -0.134. The first-order chi connectivity index (χ1) is 20.0. The molecule has 9 heteroatoms. The minimum absolute atomic E-state index is 0.0309. The molecule has 2 aliphatic heterocycles. The molecular weight excluding hydrogens is 518 g/mol. The van der Waals surface area contributed by atoms with Gasteiger partial charge in [0.25, 0.3) is 5.91 Å². The quantitative estimate of drug-likeness (QED) is 0.221. The van der Waals surface area contributed by atoms with Gasteiger partial charge in [-0.2, -0.15) is 0 Å². The molecule has 2 aromatic carbocycles. The Morgan fingerprint density at radius 3 is 2.71 bits per heavy atom. The Balaban J connectivity index is 1.17. The molecule has 218 valence electrons. The molecule has 0 saturated carbocycles. The zero-order valence-corrected chi connectivity index (χ0v) is 23.8. The van der Waals surface area contributed by atoms with Gasteiger partial charge in [0.1, 0.15) is 5.75 Å². The molecule has 9 nitrogen and oxygen atoms in total. The van der Waals surface area contributed by atoms with Gasteiger partial charge in [-0.25, -0.2) is 5.84 Å². The smallest absolute Gasteiger partial charge is 0.274 e. The Morgan fingerprint density at radius 1 is 1.15 bits per heavy atom. The normalized spacial score (nSPS) is 21.4. The summed E-state index contributed by atoms with van der Waals surface area (Å²) in [5.74, 6) is 6.41. The van der Waals surface area contributed by atoms with Crippen molar-refractivity contribution < 1.29 is 19.4 Å². The number of ether oxygens (including phenoxy) is 2. The maximum Gasteiger partial charge on any atom is 0.274 e. The number of H-pyrrole nitrogens is 1. The van der Waals surface area contributed by atoms with E-state index in [0.29, 0.717) is 18.7 Å². The summed E-state index contributed by atoms with van der Waals surface area (Å²) >= 11 is 0. The molecule has 1 aromatic heterocycles. The van der Waals surface area contributed by atoms with Crippen molar-refractivity contribution in [1.82, 2.24) is 19.8 Å². The molecule has 2 atom stereocenters. The minimum Gasteiger partial charge on any atom is -0.484 e. The molecule has 4 N–H and O–H groups in total. The number of nitrogens with two attached hydrogens (primary N) is 1. The molecule has 1 fully saturated rings. The molecular formula is C32H41N5O4. The fraction of sp³-hybridized carbons (Fsp3) is 0.469. The van der Waals surface area contributed by atoms with E-state index in [0.717, 1.165) is 64.2 Å². The number of fused-ring (bicyclic) bond motifs is 3. The monoisotopic (exact) mass is 559 g/mol. The second kappa shape index (κ2) is 12.2. The number of aryl methyl sites for hydroxylation is 1. The second-order valence-electron chi connectivity index (χ2n) is 11.4. The van der Waals surface area contributed by atoms with E-state index in [9.17, 15) is 9.90 Å². The SMILES string of the molecule is Cc1ccc2[nH]c3c(c2c1)CCN(C1=CCC(O)CC1)C3c1ccc(OCC(=O)N(N)CCN2CCOCC2)cc1. The number of rotatable bonds is 8. The zero-order chi connectivity index (χ0) is 28.3. The average Bonchev–Trinajstić information content (AvgIpc) is 3.37. The van der Waals surface area contributed by atoms with Crippen LogP contribution in [0.25, 0.3) is 10.9 Å². The second-order valence-corrected chi connectivity index (χ2v) is 11.4. The van der Waals surface area contributed by atoms with Crippen molar-refractivity contribution in [3.8, 4) is 5.75 Å². The van der Waals surface area contributed by atoms with Gasteiger partial charge in [0, 0.05) is 55.0 Å². The van der Waals surface area contributed by atoms with Gasteiger partial charge in [-0.3, -0.25) is 14.7 Å². The molecule has 1 saturated heterocycles. The molecule has 6 rings (SSSR count). The number of allylic oxidation sites excluding steroid dienone is 1. The van der Waals surface area contributed by atoms with Gasteiger partial charge in [-0.05, 0) is 68.0 Å². The Morgan fingerprint density at radius 2 is 1.95 bits per heavy atom. The molecule has 3 aliphatic rings. The number of nitrogens with one attached hydrogen (secondary N) is 1. The highest BCUT2D eigenvalue weighted by Gasteiger charge is 2.33. The Labute approximate surface area is 241 Å². The van der Waals surface area contributed by atoms with E-state index in [2.05, 4.69) is 58.1 Å². The van der Waals surface area contributed by atoms with Gasteiger partial charge in [-0.1, -0.05) is 29.8 Å². The summed E-state index contributed by atoms with van der Waals surface area (Å²) in [4.78, 5) is 21.1. The summed E-state index contributed by atoms with van der Waals surface area (Å²) in [7, 11) is 0. The minimum atomic E-state index is -0.253. The van der Waals surface area contributed by atoms with Crippen LogP contribution in [0.1, 0.15) is 47.7 Å². The molecule has 0 spiro atoms. The first-order valence-corrected chi connectivity index (χ1v) is 14.8.